The van der Waals surface area contributed by atoms with Crippen molar-refractivity contribution in [1.29, 1.82) is 0 Å². The minimum Gasteiger partial charge on any atom is -0.360 e. The Balaban J connectivity index is 1.56. The van der Waals surface area contributed by atoms with Gasteiger partial charge < -0.3 is 30.2 Å². The van der Waals surface area contributed by atoms with E-state index in [0.717, 1.165) is 106 Å². The molecular weight excluding hydrogens is 649 g/mol. The largest absolute Gasteiger partial charge is 0.360 e. The molecule has 0 aliphatic carbocycles. The lowest BCUT2D eigenvalue weighted by Gasteiger charge is -2.29. The van der Waals surface area contributed by atoms with Crippen molar-refractivity contribution in [3.8, 4) is 22.5 Å². The van der Waals surface area contributed by atoms with Gasteiger partial charge in [-0.05, 0) is 76.6 Å². The van der Waals surface area contributed by atoms with Crippen LogP contribution in [0.3, 0.4) is 0 Å². The van der Waals surface area contributed by atoms with Crippen LogP contribution in [-0.2, 0) is 19.6 Å². The highest BCUT2D eigenvalue weighted by Gasteiger charge is 2.20. The second-order valence-electron chi connectivity index (χ2n) is 15.5. The SMILES string of the molecule is CNCCN(C)Cc1cn(CC(C)CN(CC(C)C)c2cc(-c3[nH]ncc3CN(C)CCNC)ccn2)nc1-c1ccnc(N(C)CCC(C)C)c1. The third kappa shape index (κ3) is 12.4. The van der Waals surface area contributed by atoms with Gasteiger partial charge >= 0.3 is 0 Å². The zero-order valence-electron chi connectivity index (χ0n) is 33.7. The molecule has 1 unspecified atom stereocenters. The van der Waals surface area contributed by atoms with E-state index in [4.69, 9.17) is 15.1 Å². The van der Waals surface area contributed by atoms with Crippen LogP contribution in [0.5, 0.6) is 0 Å². The summed E-state index contributed by atoms with van der Waals surface area (Å²) in [5, 5.41) is 19.4. The third-order valence-electron chi connectivity index (χ3n) is 9.35. The number of aromatic amines is 1. The number of anilines is 2. The molecule has 0 radical (unpaired) electrons. The van der Waals surface area contributed by atoms with Gasteiger partial charge in [-0.2, -0.15) is 10.2 Å². The fourth-order valence-corrected chi connectivity index (χ4v) is 6.48. The lowest BCUT2D eigenvalue weighted by Crippen LogP contribution is -2.34. The van der Waals surface area contributed by atoms with Crippen LogP contribution >= 0.6 is 0 Å². The molecule has 0 amide bonds. The van der Waals surface area contributed by atoms with Crippen molar-refractivity contribution in [3.63, 3.8) is 0 Å². The molecule has 1 atom stereocenters. The molecule has 0 aromatic carbocycles. The molecule has 4 aromatic heterocycles. The molecule has 286 valence electrons. The summed E-state index contributed by atoms with van der Waals surface area (Å²) in [5.41, 5.74) is 6.72. The molecule has 0 saturated carbocycles. The normalized spacial score (nSPS) is 12.5. The lowest BCUT2D eigenvalue weighted by molar-refractivity contribution is 0.328. The predicted octanol–water partition coefficient (Wildman–Crippen LogP) is 5.31. The molecule has 0 aliphatic rings. The molecule has 0 spiro atoms. The van der Waals surface area contributed by atoms with Gasteiger partial charge in [-0.25, -0.2) is 9.97 Å². The Bertz CT molecular complexity index is 1610. The molecule has 4 aromatic rings. The van der Waals surface area contributed by atoms with Gasteiger partial charge in [0.2, 0.25) is 0 Å². The highest BCUT2D eigenvalue weighted by molar-refractivity contribution is 5.67. The number of hydrogen-bond donors (Lipinski definition) is 3. The fraction of sp³-hybridized carbons (Fsp3) is 0.600. The van der Waals surface area contributed by atoms with Gasteiger partial charge in [0.15, 0.2) is 0 Å². The van der Waals surface area contributed by atoms with Gasteiger partial charge in [-0.1, -0.05) is 34.6 Å². The van der Waals surface area contributed by atoms with E-state index in [1.165, 1.54) is 11.1 Å². The van der Waals surface area contributed by atoms with E-state index in [-0.39, 0.29) is 0 Å². The summed E-state index contributed by atoms with van der Waals surface area (Å²) < 4.78 is 2.16. The van der Waals surface area contributed by atoms with Gasteiger partial charge in [0, 0.05) is 113 Å². The van der Waals surface area contributed by atoms with E-state index in [0.29, 0.717) is 17.8 Å². The van der Waals surface area contributed by atoms with Crippen LogP contribution in [0.2, 0.25) is 0 Å². The Morgan fingerprint density at radius 2 is 1.40 bits per heavy atom. The van der Waals surface area contributed by atoms with Gasteiger partial charge in [-0.15, -0.1) is 0 Å². The maximum Gasteiger partial charge on any atom is 0.129 e. The summed E-state index contributed by atoms with van der Waals surface area (Å²) in [6, 6.07) is 8.59. The Kier molecular flexibility index (Phi) is 16.1. The number of aromatic nitrogens is 6. The van der Waals surface area contributed by atoms with Crippen molar-refractivity contribution in [2.75, 3.05) is 90.9 Å². The number of hydrogen-bond acceptors (Lipinski definition) is 10. The number of nitrogens with zero attached hydrogens (tertiary/aromatic N) is 9. The fourth-order valence-electron chi connectivity index (χ4n) is 6.48. The minimum absolute atomic E-state index is 0.325. The van der Waals surface area contributed by atoms with E-state index in [9.17, 15) is 0 Å². The predicted molar refractivity (Wildman–Crippen MR) is 217 cm³/mol. The molecule has 12 nitrogen and oxygen atoms in total. The third-order valence-corrected chi connectivity index (χ3v) is 9.35. The average Bonchev–Trinajstić information content (AvgIpc) is 3.74. The maximum atomic E-state index is 5.24. The first-order valence-corrected chi connectivity index (χ1v) is 19.1. The zero-order chi connectivity index (χ0) is 37.6. The minimum atomic E-state index is 0.325. The second-order valence-corrected chi connectivity index (χ2v) is 15.5. The summed E-state index contributed by atoms with van der Waals surface area (Å²) in [7, 11) is 10.4. The molecule has 52 heavy (non-hydrogen) atoms. The van der Waals surface area contributed by atoms with Crippen molar-refractivity contribution < 1.29 is 0 Å². The Morgan fingerprint density at radius 3 is 2.06 bits per heavy atom. The smallest absolute Gasteiger partial charge is 0.129 e. The quantitative estimate of drug-likeness (QED) is 0.0936. The van der Waals surface area contributed by atoms with Crippen LogP contribution < -0.4 is 20.4 Å². The van der Waals surface area contributed by atoms with E-state index >= 15 is 0 Å². The number of H-pyrrole nitrogens is 1. The monoisotopic (exact) mass is 715 g/mol. The lowest BCUT2D eigenvalue weighted by atomic mass is 10.1. The molecule has 4 rings (SSSR count). The summed E-state index contributed by atoms with van der Waals surface area (Å²) in [5.74, 6) is 3.43. The van der Waals surface area contributed by atoms with Crippen molar-refractivity contribution in [2.45, 2.75) is 60.7 Å². The number of pyridine rings is 2. The van der Waals surface area contributed by atoms with Crippen molar-refractivity contribution in [3.05, 3.63) is 60.2 Å². The first-order valence-electron chi connectivity index (χ1n) is 19.1. The van der Waals surface area contributed by atoms with E-state index in [2.05, 4.69) is 131 Å². The highest BCUT2D eigenvalue weighted by Crippen LogP contribution is 2.28. The van der Waals surface area contributed by atoms with Crippen LogP contribution in [0, 0.1) is 17.8 Å². The molecule has 0 saturated heterocycles. The number of nitrogens with one attached hydrogen (secondary N) is 3. The molecule has 4 heterocycles. The summed E-state index contributed by atoms with van der Waals surface area (Å²) in [6.45, 7) is 20.4. The number of likely N-dealkylation sites (N-methyl/N-ethyl adjacent to an activating group) is 4. The van der Waals surface area contributed by atoms with Gasteiger partial charge in [0.05, 0.1) is 17.6 Å². The Hall–Kier alpha value is -3.84. The molecule has 12 heteroatoms. The highest BCUT2D eigenvalue weighted by atomic mass is 15.3. The van der Waals surface area contributed by atoms with E-state index in [1.54, 1.807) is 0 Å². The summed E-state index contributed by atoms with van der Waals surface area (Å²) in [4.78, 5) is 19.0. The topological polar surface area (TPSA) is 109 Å². The van der Waals surface area contributed by atoms with Crippen LogP contribution in [-0.4, -0.2) is 121 Å². The first-order chi connectivity index (χ1) is 25.0. The molecule has 0 aliphatic heterocycles. The maximum absolute atomic E-state index is 5.24. The van der Waals surface area contributed by atoms with Gasteiger partial charge in [-0.3, -0.25) is 9.78 Å². The second kappa shape index (κ2) is 20.4. The van der Waals surface area contributed by atoms with Crippen LogP contribution in [0.4, 0.5) is 11.6 Å². The van der Waals surface area contributed by atoms with Crippen molar-refractivity contribution in [1.82, 2.24) is 50.4 Å². The molecule has 0 fully saturated rings. The van der Waals surface area contributed by atoms with Crippen molar-refractivity contribution in [2.24, 2.45) is 17.8 Å². The molecular formula is C40H66N12. The van der Waals surface area contributed by atoms with Crippen LogP contribution in [0.15, 0.2) is 49.1 Å². The molecule has 3 N–H and O–H groups in total. The van der Waals surface area contributed by atoms with E-state index < -0.39 is 0 Å². The Morgan fingerprint density at radius 1 is 0.769 bits per heavy atom. The van der Waals surface area contributed by atoms with Crippen LogP contribution in [0.1, 0.15) is 52.2 Å². The Labute approximate surface area is 313 Å². The van der Waals surface area contributed by atoms with E-state index in [1.807, 2.05) is 32.7 Å². The van der Waals surface area contributed by atoms with Gasteiger partial charge in [0.1, 0.15) is 11.6 Å². The summed E-state index contributed by atoms with van der Waals surface area (Å²) >= 11 is 0. The molecule has 0 bridgehead atoms. The van der Waals surface area contributed by atoms with Gasteiger partial charge in [0.25, 0.3) is 0 Å². The first kappa shape index (κ1) is 40.9. The number of rotatable bonds is 23. The zero-order valence-corrected chi connectivity index (χ0v) is 33.7. The standard InChI is InChI=1S/C40H66N12/c1-30(2)13-18-50(10)37-21-34(12-14-43-37)40-36(28-49(9)20-17-42-7)29-52(47-40)26-32(5)25-51(24-31(3)4)38-22-33(11-15-44-38)39-35(23-45-46-39)27-48(8)19-16-41-6/h11-12,14-15,21-23,29-32,41-42H,13,16-20,24-28H2,1-10H3,(H,45,46). The summed E-state index contributed by atoms with van der Waals surface area (Å²) in [6.07, 6.45) is 9.18. The average molecular weight is 715 g/mol. The van der Waals surface area contributed by atoms with Crippen LogP contribution in [0.25, 0.3) is 22.5 Å². The van der Waals surface area contributed by atoms with Crippen molar-refractivity contribution >= 4 is 11.6 Å².